The van der Waals surface area contributed by atoms with Crippen LogP contribution in [0.15, 0.2) is 69.6 Å². The maximum absolute atomic E-state index is 13.2. The lowest BCUT2D eigenvalue weighted by atomic mass is 10.1. The number of benzene rings is 2. The number of methoxy groups -OCH3 is 1. The highest BCUT2D eigenvalue weighted by molar-refractivity contribution is 7.91. The van der Waals surface area contributed by atoms with Gasteiger partial charge in [-0.2, -0.15) is 5.10 Å². The summed E-state index contributed by atoms with van der Waals surface area (Å²) in [5, 5.41) is 6.42. The summed E-state index contributed by atoms with van der Waals surface area (Å²) in [7, 11) is -2.05. The molecular formula is C24H23N3O4S. The Morgan fingerprint density at radius 3 is 2.69 bits per heavy atom. The highest BCUT2D eigenvalue weighted by atomic mass is 32.2. The number of sulfone groups is 1. The van der Waals surface area contributed by atoms with Gasteiger partial charge in [-0.15, -0.1) is 0 Å². The lowest BCUT2D eigenvalue weighted by molar-refractivity contribution is 0.254. The molecule has 3 aromatic rings. The highest BCUT2D eigenvalue weighted by Gasteiger charge is 2.25. The van der Waals surface area contributed by atoms with Crippen LogP contribution < -0.4 is 9.47 Å². The van der Waals surface area contributed by atoms with Crippen LogP contribution in [-0.4, -0.2) is 37.8 Å². The normalized spacial score (nSPS) is 16.9. The van der Waals surface area contributed by atoms with Gasteiger partial charge in [-0.25, -0.2) is 13.4 Å². The maximum atomic E-state index is 13.2. The lowest BCUT2D eigenvalue weighted by Crippen LogP contribution is -2.21. The van der Waals surface area contributed by atoms with E-state index < -0.39 is 9.84 Å². The lowest BCUT2D eigenvalue weighted by Gasteiger charge is -2.24. The molecule has 32 heavy (non-hydrogen) atoms. The molecule has 7 nitrogen and oxygen atoms in total. The molecular weight excluding hydrogens is 426 g/mol. The van der Waals surface area contributed by atoms with Gasteiger partial charge in [0.25, 0.3) is 0 Å². The van der Waals surface area contributed by atoms with Crippen molar-refractivity contribution < 1.29 is 17.9 Å². The Bertz CT molecular complexity index is 1300. The molecule has 0 saturated carbocycles. The van der Waals surface area contributed by atoms with Crippen LogP contribution in [0, 0.1) is 0 Å². The van der Waals surface area contributed by atoms with Gasteiger partial charge >= 0.3 is 0 Å². The molecule has 0 bridgehead atoms. The highest BCUT2D eigenvalue weighted by Crippen LogP contribution is 2.33. The van der Waals surface area contributed by atoms with Crippen molar-refractivity contribution in [3.63, 3.8) is 0 Å². The van der Waals surface area contributed by atoms with E-state index in [1.165, 1.54) is 0 Å². The van der Waals surface area contributed by atoms with Crippen LogP contribution in [-0.2, 0) is 29.3 Å². The number of hydrazone groups is 1. The van der Waals surface area contributed by atoms with Gasteiger partial charge in [-0.3, -0.25) is 5.01 Å². The maximum Gasteiger partial charge on any atom is 0.212 e. The Morgan fingerprint density at radius 1 is 1.09 bits per heavy atom. The van der Waals surface area contributed by atoms with Crippen molar-refractivity contribution in [3.05, 3.63) is 77.0 Å². The number of fused-ring (bicyclic) bond motifs is 2. The fourth-order valence-electron chi connectivity index (χ4n) is 4.02. The molecule has 1 aromatic heterocycles. The third-order valence-electron chi connectivity index (χ3n) is 5.69. The predicted molar refractivity (Wildman–Crippen MR) is 120 cm³/mol. The number of ether oxygens (including phenoxy) is 2. The first kappa shape index (κ1) is 20.5. The van der Waals surface area contributed by atoms with E-state index in [-0.39, 0.29) is 15.9 Å². The summed E-state index contributed by atoms with van der Waals surface area (Å²) in [6.45, 7) is 3.17. The topological polar surface area (TPSA) is 81.1 Å². The average molecular weight is 450 g/mol. The molecule has 0 spiro atoms. The Morgan fingerprint density at radius 2 is 1.91 bits per heavy atom. The first-order valence-corrected chi connectivity index (χ1v) is 11.9. The molecule has 0 saturated heterocycles. The van der Waals surface area contributed by atoms with Crippen molar-refractivity contribution >= 4 is 16.1 Å². The van der Waals surface area contributed by atoms with Crippen molar-refractivity contribution in [2.75, 3.05) is 7.11 Å². The van der Waals surface area contributed by atoms with E-state index in [1.807, 2.05) is 30.1 Å². The first-order chi connectivity index (χ1) is 15.4. The van der Waals surface area contributed by atoms with Crippen molar-refractivity contribution in [1.82, 2.24) is 9.99 Å². The van der Waals surface area contributed by atoms with Crippen molar-refractivity contribution in [3.8, 4) is 11.6 Å². The summed E-state index contributed by atoms with van der Waals surface area (Å²) in [5.74, 6) is 1.33. The molecule has 3 heterocycles. The second kappa shape index (κ2) is 7.94. The summed E-state index contributed by atoms with van der Waals surface area (Å²) < 4.78 is 37.3. The molecule has 1 atom stereocenters. The average Bonchev–Trinajstić information content (AvgIpc) is 3.18. The fraction of sp³-hybridized carbons (Fsp3) is 0.250. The zero-order valence-electron chi connectivity index (χ0n) is 17.9. The number of hydrogen-bond donors (Lipinski definition) is 0. The van der Waals surface area contributed by atoms with Crippen LogP contribution in [0.2, 0.25) is 0 Å². The van der Waals surface area contributed by atoms with Gasteiger partial charge in [0, 0.05) is 24.2 Å². The van der Waals surface area contributed by atoms with Crippen molar-refractivity contribution in [2.45, 2.75) is 42.3 Å². The van der Waals surface area contributed by atoms with E-state index in [9.17, 15) is 8.42 Å². The van der Waals surface area contributed by atoms with E-state index in [1.54, 1.807) is 49.9 Å². The second-order valence-corrected chi connectivity index (χ2v) is 9.99. The quantitative estimate of drug-likeness (QED) is 0.592. The zero-order valence-corrected chi connectivity index (χ0v) is 18.7. The molecule has 2 aliphatic heterocycles. The number of nitrogens with zero attached hydrogens (tertiary/aromatic N) is 3. The number of rotatable bonds is 5. The van der Waals surface area contributed by atoms with E-state index in [0.717, 1.165) is 34.4 Å². The minimum absolute atomic E-state index is 0.0690. The summed E-state index contributed by atoms with van der Waals surface area (Å²) in [6, 6.07) is 14.1. The van der Waals surface area contributed by atoms with Crippen molar-refractivity contribution in [2.24, 2.45) is 5.10 Å². The molecule has 164 valence electrons. The summed E-state index contributed by atoms with van der Waals surface area (Å²) in [6.07, 6.45) is 4.27. The molecule has 2 aliphatic rings. The Labute approximate surface area is 187 Å². The Hall–Kier alpha value is -3.39. The van der Waals surface area contributed by atoms with Crippen LogP contribution in [0.25, 0.3) is 0 Å². The zero-order chi connectivity index (χ0) is 22.3. The summed E-state index contributed by atoms with van der Waals surface area (Å²) in [4.78, 5) is 4.78. The molecule has 8 heteroatoms. The number of aromatic nitrogens is 1. The van der Waals surface area contributed by atoms with Gasteiger partial charge < -0.3 is 9.47 Å². The fourth-order valence-corrected chi connectivity index (χ4v) is 5.37. The molecule has 5 rings (SSSR count). The Balaban J connectivity index is 1.36. The van der Waals surface area contributed by atoms with Crippen LogP contribution in [0.1, 0.15) is 29.2 Å². The summed E-state index contributed by atoms with van der Waals surface area (Å²) in [5.41, 5.74) is 3.78. The van der Waals surface area contributed by atoms with Gasteiger partial charge in [0.2, 0.25) is 15.7 Å². The molecule has 0 amide bonds. The smallest absolute Gasteiger partial charge is 0.212 e. The van der Waals surface area contributed by atoms with Crippen LogP contribution in [0.4, 0.5) is 0 Å². The summed E-state index contributed by atoms with van der Waals surface area (Å²) >= 11 is 0. The molecule has 1 unspecified atom stereocenters. The van der Waals surface area contributed by atoms with Crippen LogP contribution in [0.3, 0.4) is 0 Å². The predicted octanol–water partition coefficient (Wildman–Crippen LogP) is 3.60. The second-order valence-electron chi connectivity index (χ2n) is 8.04. The minimum Gasteiger partial charge on any atom is -0.490 e. The van der Waals surface area contributed by atoms with E-state index >= 15 is 0 Å². The van der Waals surface area contributed by atoms with E-state index in [2.05, 4.69) is 10.1 Å². The van der Waals surface area contributed by atoms with Gasteiger partial charge in [0.05, 0.1) is 36.2 Å². The van der Waals surface area contributed by atoms with E-state index in [4.69, 9.17) is 9.47 Å². The third-order valence-corrected chi connectivity index (χ3v) is 7.44. The van der Waals surface area contributed by atoms with Gasteiger partial charge in [-0.1, -0.05) is 12.1 Å². The van der Waals surface area contributed by atoms with Crippen LogP contribution in [0.5, 0.6) is 11.6 Å². The number of pyridine rings is 1. The van der Waals surface area contributed by atoms with Crippen molar-refractivity contribution in [1.29, 1.82) is 0 Å². The molecule has 0 fully saturated rings. The van der Waals surface area contributed by atoms with E-state index in [0.29, 0.717) is 19.0 Å². The molecule has 0 radical (unpaired) electrons. The largest absolute Gasteiger partial charge is 0.490 e. The molecule has 0 aliphatic carbocycles. The van der Waals surface area contributed by atoms with Gasteiger partial charge in [0.15, 0.2) is 0 Å². The van der Waals surface area contributed by atoms with Gasteiger partial charge in [-0.05, 0) is 53.9 Å². The van der Waals surface area contributed by atoms with Crippen LogP contribution >= 0.6 is 0 Å². The Kier molecular flexibility index (Phi) is 5.09. The molecule has 0 N–H and O–H groups in total. The van der Waals surface area contributed by atoms with Gasteiger partial charge in [0.1, 0.15) is 11.9 Å². The monoisotopic (exact) mass is 449 g/mol. The third kappa shape index (κ3) is 3.82. The minimum atomic E-state index is -3.63. The first-order valence-electron chi connectivity index (χ1n) is 10.4. The number of hydrogen-bond acceptors (Lipinski definition) is 7. The SMILES string of the molecule is COc1ccc(CN2Cc3ccc(S(=O)(=O)c4ccc5c(c4)CC(C)O5)cc3C=N2)cn1. The standard InChI is InChI=1S/C24H23N3O4S/c1-16-9-19-10-22(6-7-23(19)31-16)32(28,29)21-5-4-18-15-27(26-13-20(18)11-21)14-17-3-8-24(30-2)25-12-17/h3-8,10-13,16H,9,14-15H2,1-2H3. The molecule has 2 aromatic carbocycles.